The lowest BCUT2D eigenvalue weighted by molar-refractivity contribution is -0.143. The third-order valence-electron chi connectivity index (χ3n) is 5.44. The Hall–Kier alpha value is -2.20. The molecule has 0 saturated heterocycles. The summed E-state index contributed by atoms with van der Waals surface area (Å²) in [7, 11) is 0. The van der Waals surface area contributed by atoms with Gasteiger partial charge in [0, 0.05) is 0 Å². The number of aliphatic carboxylic acids is 1. The largest absolute Gasteiger partial charge is 0.480 e. The molecule has 31 heavy (non-hydrogen) atoms. The number of hydrogen-bond donors (Lipinski definition) is 6. The average molecular weight is 445 g/mol. The normalized spacial score (nSPS) is 17.1. The summed E-state index contributed by atoms with van der Waals surface area (Å²) in [4.78, 5) is 49.5. The first-order valence-electron chi connectivity index (χ1n) is 10.9. The zero-order valence-corrected chi connectivity index (χ0v) is 19.5. The predicted molar refractivity (Wildman–Crippen MR) is 117 cm³/mol. The molecule has 0 fully saturated rings. The summed E-state index contributed by atoms with van der Waals surface area (Å²) in [6.07, 6.45) is 1.39. The summed E-state index contributed by atoms with van der Waals surface area (Å²) >= 11 is 0. The van der Waals surface area contributed by atoms with E-state index < -0.39 is 54.5 Å². The number of aliphatic hydroxyl groups excluding tert-OH is 1. The minimum absolute atomic E-state index is 0.0544. The van der Waals surface area contributed by atoms with Gasteiger partial charge in [-0.3, -0.25) is 14.4 Å². The number of hydrogen-bond acceptors (Lipinski definition) is 6. The molecule has 10 heteroatoms. The SMILES string of the molecule is CCC(C)C(NC(=O)C(N)CO)C(=O)NC(C(=O)NC(CC(C)C)C(=O)O)C(C)CC. The van der Waals surface area contributed by atoms with Crippen LogP contribution in [0.15, 0.2) is 0 Å². The third kappa shape index (κ3) is 9.65. The Morgan fingerprint density at radius 2 is 1.23 bits per heavy atom. The van der Waals surface area contributed by atoms with E-state index in [1.165, 1.54) is 0 Å². The van der Waals surface area contributed by atoms with Crippen LogP contribution in [0.1, 0.15) is 60.8 Å². The van der Waals surface area contributed by atoms with Crippen LogP contribution in [0.25, 0.3) is 0 Å². The van der Waals surface area contributed by atoms with Crippen molar-refractivity contribution in [1.29, 1.82) is 0 Å². The van der Waals surface area contributed by atoms with E-state index in [2.05, 4.69) is 16.0 Å². The summed E-state index contributed by atoms with van der Waals surface area (Å²) in [6.45, 7) is 10.4. The van der Waals surface area contributed by atoms with Crippen LogP contribution in [-0.4, -0.2) is 64.7 Å². The van der Waals surface area contributed by atoms with Crippen molar-refractivity contribution in [1.82, 2.24) is 16.0 Å². The molecule has 0 saturated carbocycles. The van der Waals surface area contributed by atoms with Gasteiger partial charge >= 0.3 is 5.97 Å². The predicted octanol–water partition coefficient (Wildman–Crippen LogP) is -0.0167. The van der Waals surface area contributed by atoms with Crippen molar-refractivity contribution < 1.29 is 29.4 Å². The Bertz CT molecular complexity index is 613. The highest BCUT2D eigenvalue weighted by atomic mass is 16.4. The highest BCUT2D eigenvalue weighted by molar-refractivity contribution is 5.94. The van der Waals surface area contributed by atoms with Crippen LogP contribution in [0.4, 0.5) is 0 Å². The van der Waals surface area contributed by atoms with E-state index in [1.54, 1.807) is 13.8 Å². The van der Waals surface area contributed by atoms with Gasteiger partial charge in [0.15, 0.2) is 0 Å². The maximum absolute atomic E-state index is 13.0. The van der Waals surface area contributed by atoms with Crippen LogP contribution in [0.3, 0.4) is 0 Å². The van der Waals surface area contributed by atoms with E-state index in [4.69, 9.17) is 10.8 Å². The van der Waals surface area contributed by atoms with E-state index in [9.17, 15) is 24.3 Å². The molecule has 0 aliphatic heterocycles. The molecule has 10 nitrogen and oxygen atoms in total. The fourth-order valence-electron chi connectivity index (χ4n) is 2.94. The molecule has 0 aliphatic rings. The minimum atomic E-state index is -1.17. The maximum atomic E-state index is 13.0. The highest BCUT2D eigenvalue weighted by Crippen LogP contribution is 2.13. The summed E-state index contributed by atoms with van der Waals surface area (Å²) in [5, 5.41) is 26.2. The van der Waals surface area contributed by atoms with Crippen molar-refractivity contribution in [3.63, 3.8) is 0 Å². The summed E-state index contributed by atoms with van der Waals surface area (Å²) < 4.78 is 0. The lowest BCUT2D eigenvalue weighted by atomic mass is 9.94. The number of aliphatic hydroxyl groups is 1. The molecule has 0 aromatic carbocycles. The number of carboxylic acid groups (broad SMARTS) is 1. The van der Waals surface area contributed by atoms with Gasteiger partial charge in [-0.1, -0.05) is 54.4 Å². The quantitative estimate of drug-likeness (QED) is 0.219. The highest BCUT2D eigenvalue weighted by Gasteiger charge is 2.34. The van der Waals surface area contributed by atoms with E-state index in [0.717, 1.165) is 0 Å². The summed E-state index contributed by atoms with van der Waals surface area (Å²) in [6, 6.07) is -4.16. The van der Waals surface area contributed by atoms with Gasteiger partial charge in [0.05, 0.1) is 6.61 Å². The maximum Gasteiger partial charge on any atom is 0.326 e. The molecule has 6 unspecified atom stereocenters. The van der Waals surface area contributed by atoms with Crippen molar-refractivity contribution in [2.45, 2.75) is 85.0 Å². The van der Waals surface area contributed by atoms with Gasteiger partial charge in [-0.25, -0.2) is 4.79 Å². The Balaban J connectivity index is 5.58. The van der Waals surface area contributed by atoms with Crippen LogP contribution >= 0.6 is 0 Å². The average Bonchev–Trinajstić information content (AvgIpc) is 2.72. The van der Waals surface area contributed by atoms with Gasteiger partial charge in [0.1, 0.15) is 24.2 Å². The van der Waals surface area contributed by atoms with E-state index in [1.807, 2.05) is 27.7 Å². The number of carbonyl (C=O) groups is 4. The number of carboxylic acids is 1. The van der Waals surface area contributed by atoms with Gasteiger partial charge in [0.2, 0.25) is 17.7 Å². The number of carbonyl (C=O) groups excluding carboxylic acids is 3. The molecule has 0 bridgehead atoms. The molecule has 180 valence electrons. The Morgan fingerprint density at radius 3 is 1.58 bits per heavy atom. The van der Waals surface area contributed by atoms with Crippen molar-refractivity contribution in [3.05, 3.63) is 0 Å². The van der Waals surface area contributed by atoms with Gasteiger partial charge < -0.3 is 31.9 Å². The van der Waals surface area contributed by atoms with Crippen LogP contribution in [0.2, 0.25) is 0 Å². The van der Waals surface area contributed by atoms with E-state index >= 15 is 0 Å². The Morgan fingerprint density at radius 1 is 0.806 bits per heavy atom. The number of nitrogens with two attached hydrogens (primary N) is 1. The van der Waals surface area contributed by atoms with E-state index in [-0.39, 0.29) is 24.2 Å². The van der Waals surface area contributed by atoms with Crippen molar-refractivity contribution in [2.75, 3.05) is 6.61 Å². The third-order valence-corrected chi connectivity index (χ3v) is 5.44. The fourth-order valence-corrected chi connectivity index (χ4v) is 2.94. The fraction of sp³-hybridized carbons (Fsp3) is 0.810. The molecule has 0 rings (SSSR count). The lowest BCUT2D eigenvalue weighted by Gasteiger charge is -2.30. The van der Waals surface area contributed by atoms with Gasteiger partial charge in [-0.05, 0) is 24.2 Å². The Kier molecular flexibility index (Phi) is 13.0. The standard InChI is InChI=1S/C21H40N4O6/c1-7-12(5)16(19(28)23-15(21(30)31)9-11(3)4)25-20(29)17(13(6)8-2)24-18(27)14(22)10-26/h11-17,26H,7-10,22H2,1-6H3,(H,23,28)(H,24,27)(H,25,29)(H,30,31). The lowest BCUT2D eigenvalue weighted by Crippen LogP contribution is -2.60. The molecule has 0 spiro atoms. The Labute approximate surface area is 184 Å². The number of rotatable bonds is 14. The van der Waals surface area contributed by atoms with Crippen molar-refractivity contribution >= 4 is 23.7 Å². The molecule has 0 heterocycles. The smallest absolute Gasteiger partial charge is 0.326 e. The van der Waals surface area contributed by atoms with Crippen molar-refractivity contribution in [3.8, 4) is 0 Å². The number of amides is 3. The molecule has 7 N–H and O–H groups in total. The topological polar surface area (TPSA) is 171 Å². The molecular formula is C21H40N4O6. The van der Waals surface area contributed by atoms with Gasteiger partial charge in [-0.15, -0.1) is 0 Å². The summed E-state index contributed by atoms with van der Waals surface area (Å²) in [5.74, 6) is -3.44. The van der Waals surface area contributed by atoms with E-state index in [0.29, 0.717) is 12.8 Å². The second-order valence-electron chi connectivity index (χ2n) is 8.56. The summed E-state index contributed by atoms with van der Waals surface area (Å²) in [5.41, 5.74) is 5.54. The number of nitrogens with one attached hydrogen (secondary N) is 3. The second kappa shape index (κ2) is 14.0. The van der Waals surface area contributed by atoms with Crippen molar-refractivity contribution in [2.24, 2.45) is 23.5 Å². The second-order valence-corrected chi connectivity index (χ2v) is 8.56. The zero-order valence-electron chi connectivity index (χ0n) is 19.5. The van der Waals surface area contributed by atoms with Gasteiger partial charge in [0.25, 0.3) is 0 Å². The molecule has 0 aliphatic carbocycles. The van der Waals surface area contributed by atoms with Crippen LogP contribution in [0.5, 0.6) is 0 Å². The molecular weight excluding hydrogens is 404 g/mol. The molecule has 3 amide bonds. The first-order chi connectivity index (χ1) is 14.4. The first kappa shape index (κ1) is 28.8. The minimum Gasteiger partial charge on any atom is -0.480 e. The van der Waals surface area contributed by atoms with Gasteiger partial charge in [-0.2, -0.15) is 0 Å². The molecule has 0 aromatic rings. The monoisotopic (exact) mass is 444 g/mol. The van der Waals surface area contributed by atoms with Crippen LogP contribution < -0.4 is 21.7 Å². The molecule has 0 radical (unpaired) electrons. The zero-order chi connectivity index (χ0) is 24.3. The molecule has 0 aromatic heterocycles. The van der Waals surface area contributed by atoms with Crippen LogP contribution in [0, 0.1) is 17.8 Å². The van der Waals surface area contributed by atoms with Crippen LogP contribution in [-0.2, 0) is 19.2 Å². The molecule has 6 atom stereocenters. The first-order valence-corrected chi connectivity index (χ1v) is 10.9.